The zero-order valence-corrected chi connectivity index (χ0v) is 19.6. The van der Waals surface area contributed by atoms with Crippen LogP contribution in [0.25, 0.3) is 16.5 Å². The van der Waals surface area contributed by atoms with Crippen molar-refractivity contribution in [3.63, 3.8) is 0 Å². The van der Waals surface area contributed by atoms with E-state index in [4.69, 9.17) is 0 Å². The fraction of sp³-hybridized carbons (Fsp3) is 0.296. The first-order valence-electron chi connectivity index (χ1n) is 11.4. The summed E-state index contributed by atoms with van der Waals surface area (Å²) >= 11 is 0. The average molecular weight is 443 g/mol. The molecule has 2 aromatic heterocycles. The molecule has 6 heteroatoms. The van der Waals surface area contributed by atoms with Crippen molar-refractivity contribution in [1.29, 1.82) is 0 Å². The van der Waals surface area contributed by atoms with Crippen molar-refractivity contribution in [1.82, 2.24) is 19.7 Å². The second-order valence-corrected chi connectivity index (χ2v) is 8.51. The Balaban J connectivity index is 1.66. The number of rotatable bonds is 7. The van der Waals surface area contributed by atoms with E-state index in [0.29, 0.717) is 24.0 Å². The molecule has 0 bridgehead atoms. The maximum atomic E-state index is 13.4. The van der Waals surface area contributed by atoms with Crippen LogP contribution in [0, 0.1) is 13.8 Å². The van der Waals surface area contributed by atoms with E-state index in [1.165, 1.54) is 10.2 Å². The van der Waals surface area contributed by atoms with Crippen molar-refractivity contribution in [2.45, 2.75) is 46.1 Å². The van der Waals surface area contributed by atoms with Crippen molar-refractivity contribution >= 4 is 16.7 Å². The Labute approximate surface area is 193 Å². The lowest BCUT2D eigenvalue weighted by atomic mass is 10.0. The molecule has 0 aliphatic carbocycles. The SMILES string of the molecule is CC[C@@H](C(=O)NC[C@H](C)c1ccccc1)n1c(C)c2cnn(-c3ccccc3)c(=O)c2c1C. The highest BCUT2D eigenvalue weighted by Gasteiger charge is 2.26. The minimum Gasteiger partial charge on any atom is -0.354 e. The standard InChI is InChI=1S/C27H30N4O2/c1-5-24(26(32)28-16-18(2)21-12-8-6-9-13-21)30-19(3)23-17-29-31(22-14-10-7-11-15-22)27(33)25(23)20(30)4/h6-15,17-18,24H,5,16H2,1-4H3,(H,28,32)/t18-,24-/m0/s1. The number of para-hydroxylation sites is 1. The molecule has 170 valence electrons. The third-order valence-corrected chi connectivity index (χ3v) is 6.41. The smallest absolute Gasteiger partial charge is 0.281 e. The number of nitrogens with zero attached hydrogens (tertiary/aromatic N) is 3. The van der Waals surface area contributed by atoms with Crippen molar-refractivity contribution < 1.29 is 4.79 Å². The molecular formula is C27H30N4O2. The number of hydrogen-bond donors (Lipinski definition) is 1. The molecule has 6 nitrogen and oxygen atoms in total. The van der Waals surface area contributed by atoms with E-state index in [-0.39, 0.29) is 17.4 Å². The van der Waals surface area contributed by atoms with Gasteiger partial charge < -0.3 is 9.88 Å². The minimum absolute atomic E-state index is 0.0388. The number of amides is 1. The van der Waals surface area contributed by atoms with Crippen molar-refractivity contribution in [3.05, 3.63) is 94.2 Å². The van der Waals surface area contributed by atoms with Crippen LogP contribution in [0.1, 0.15) is 49.2 Å². The molecule has 0 spiro atoms. The van der Waals surface area contributed by atoms with Crippen LogP contribution < -0.4 is 10.9 Å². The van der Waals surface area contributed by atoms with Gasteiger partial charge >= 0.3 is 0 Å². The number of nitrogens with one attached hydrogen (secondary N) is 1. The van der Waals surface area contributed by atoms with Gasteiger partial charge in [0.25, 0.3) is 5.56 Å². The van der Waals surface area contributed by atoms with E-state index >= 15 is 0 Å². The highest BCUT2D eigenvalue weighted by atomic mass is 16.2. The number of carbonyl (C=O) groups excluding carboxylic acids is 1. The van der Waals surface area contributed by atoms with E-state index in [9.17, 15) is 9.59 Å². The Hall–Kier alpha value is -3.67. The number of carbonyl (C=O) groups is 1. The molecule has 0 fully saturated rings. The molecule has 0 aliphatic heterocycles. The van der Waals surface area contributed by atoms with E-state index < -0.39 is 6.04 Å². The Morgan fingerprint density at radius 3 is 2.27 bits per heavy atom. The van der Waals surface area contributed by atoms with Gasteiger partial charge in [0.05, 0.1) is 17.3 Å². The Morgan fingerprint density at radius 1 is 1.00 bits per heavy atom. The third kappa shape index (κ3) is 4.21. The molecule has 33 heavy (non-hydrogen) atoms. The van der Waals surface area contributed by atoms with Crippen LogP contribution in [-0.2, 0) is 4.79 Å². The highest BCUT2D eigenvalue weighted by Crippen LogP contribution is 2.28. The topological polar surface area (TPSA) is 68.9 Å². The van der Waals surface area contributed by atoms with Crippen LogP contribution in [-0.4, -0.2) is 26.8 Å². The lowest BCUT2D eigenvalue weighted by Crippen LogP contribution is -2.35. The van der Waals surface area contributed by atoms with Gasteiger partial charge in [-0.25, -0.2) is 0 Å². The summed E-state index contributed by atoms with van der Waals surface area (Å²) in [6.45, 7) is 8.52. The minimum atomic E-state index is -0.398. The summed E-state index contributed by atoms with van der Waals surface area (Å²) in [6, 6.07) is 19.1. The van der Waals surface area contributed by atoms with Gasteiger partial charge in [0.1, 0.15) is 6.04 Å². The molecule has 0 saturated carbocycles. The molecule has 0 radical (unpaired) electrons. The van der Waals surface area contributed by atoms with E-state index in [1.54, 1.807) is 6.20 Å². The molecule has 2 atom stereocenters. The largest absolute Gasteiger partial charge is 0.354 e. The average Bonchev–Trinajstić information content (AvgIpc) is 3.10. The van der Waals surface area contributed by atoms with Crippen LogP contribution in [0.15, 0.2) is 71.7 Å². The number of aromatic nitrogens is 3. The first kappa shape index (κ1) is 22.5. The van der Waals surface area contributed by atoms with Gasteiger partial charge in [-0.15, -0.1) is 0 Å². The normalized spacial score (nSPS) is 13.1. The molecule has 1 N–H and O–H groups in total. The van der Waals surface area contributed by atoms with Gasteiger partial charge in [-0.3, -0.25) is 9.59 Å². The van der Waals surface area contributed by atoms with Gasteiger partial charge in [0, 0.05) is 23.3 Å². The predicted octanol–water partition coefficient (Wildman–Crippen LogP) is 4.68. The maximum Gasteiger partial charge on any atom is 0.281 e. The second-order valence-electron chi connectivity index (χ2n) is 8.51. The first-order chi connectivity index (χ1) is 15.9. The summed E-state index contributed by atoms with van der Waals surface area (Å²) in [5, 5.41) is 8.92. The lowest BCUT2D eigenvalue weighted by Gasteiger charge is -2.22. The van der Waals surface area contributed by atoms with Crippen LogP contribution in [0.5, 0.6) is 0 Å². The van der Waals surface area contributed by atoms with Crippen molar-refractivity contribution in [3.8, 4) is 5.69 Å². The molecule has 0 unspecified atom stereocenters. The summed E-state index contributed by atoms with van der Waals surface area (Å²) in [4.78, 5) is 26.6. The van der Waals surface area contributed by atoms with Crippen LogP contribution >= 0.6 is 0 Å². The van der Waals surface area contributed by atoms with Gasteiger partial charge in [-0.1, -0.05) is 62.4 Å². The van der Waals surface area contributed by atoms with Gasteiger partial charge in [-0.2, -0.15) is 9.78 Å². The molecule has 2 heterocycles. The van der Waals surface area contributed by atoms with E-state index in [1.807, 2.05) is 73.9 Å². The fourth-order valence-electron chi connectivity index (χ4n) is 4.56. The fourth-order valence-corrected chi connectivity index (χ4v) is 4.56. The van der Waals surface area contributed by atoms with E-state index in [0.717, 1.165) is 16.8 Å². The number of benzene rings is 2. The third-order valence-electron chi connectivity index (χ3n) is 6.41. The Kier molecular flexibility index (Phi) is 6.45. The molecule has 2 aromatic carbocycles. The summed E-state index contributed by atoms with van der Waals surface area (Å²) in [7, 11) is 0. The predicted molar refractivity (Wildman–Crippen MR) is 132 cm³/mol. The quantitative estimate of drug-likeness (QED) is 0.452. The molecule has 4 rings (SSSR count). The summed E-state index contributed by atoms with van der Waals surface area (Å²) < 4.78 is 3.41. The van der Waals surface area contributed by atoms with Crippen LogP contribution in [0.4, 0.5) is 0 Å². The molecular weight excluding hydrogens is 412 g/mol. The molecule has 0 aliphatic rings. The van der Waals surface area contributed by atoms with Crippen LogP contribution in [0.2, 0.25) is 0 Å². The monoisotopic (exact) mass is 442 g/mol. The molecule has 4 aromatic rings. The summed E-state index contributed by atoms with van der Waals surface area (Å²) in [5.41, 5.74) is 3.40. The molecule has 1 amide bonds. The number of hydrogen-bond acceptors (Lipinski definition) is 3. The van der Waals surface area contributed by atoms with Gasteiger partial charge in [0.15, 0.2) is 0 Å². The zero-order chi connectivity index (χ0) is 23.5. The lowest BCUT2D eigenvalue weighted by molar-refractivity contribution is -0.124. The maximum absolute atomic E-state index is 13.4. The van der Waals surface area contributed by atoms with Gasteiger partial charge in [-0.05, 0) is 43.9 Å². The van der Waals surface area contributed by atoms with Crippen molar-refractivity contribution in [2.24, 2.45) is 0 Å². The first-order valence-corrected chi connectivity index (χ1v) is 11.4. The Morgan fingerprint density at radius 2 is 1.64 bits per heavy atom. The van der Waals surface area contributed by atoms with E-state index in [2.05, 4.69) is 29.5 Å². The zero-order valence-electron chi connectivity index (χ0n) is 19.6. The van der Waals surface area contributed by atoms with Crippen molar-refractivity contribution in [2.75, 3.05) is 6.54 Å². The number of aryl methyl sites for hydroxylation is 2. The summed E-state index contributed by atoms with van der Waals surface area (Å²) in [6.07, 6.45) is 2.35. The summed E-state index contributed by atoms with van der Waals surface area (Å²) in [5.74, 6) is 0.170. The Bertz CT molecular complexity index is 1320. The van der Waals surface area contributed by atoms with Crippen LogP contribution in [0.3, 0.4) is 0 Å². The second kappa shape index (κ2) is 9.45. The van der Waals surface area contributed by atoms with Gasteiger partial charge in [0.2, 0.25) is 5.91 Å². The number of fused-ring (bicyclic) bond motifs is 1. The molecule has 0 saturated heterocycles. The highest BCUT2D eigenvalue weighted by molar-refractivity contribution is 5.89.